The van der Waals surface area contributed by atoms with Gasteiger partial charge in [-0.25, -0.2) is 0 Å². The minimum absolute atomic E-state index is 0.0246. The Labute approximate surface area is 224 Å². The summed E-state index contributed by atoms with van der Waals surface area (Å²) >= 11 is 0. The molecular formula is C34H34N2O2. The van der Waals surface area contributed by atoms with Gasteiger partial charge < -0.3 is 15.0 Å². The van der Waals surface area contributed by atoms with Gasteiger partial charge in [0.05, 0.1) is 13.2 Å². The summed E-state index contributed by atoms with van der Waals surface area (Å²) in [6, 6.07) is 34.9. The first kappa shape index (κ1) is 25.3. The summed E-state index contributed by atoms with van der Waals surface area (Å²) in [5.74, 6) is 0.725. The van der Waals surface area contributed by atoms with Crippen molar-refractivity contribution in [3.63, 3.8) is 0 Å². The predicted octanol–water partition coefficient (Wildman–Crippen LogP) is 7.36. The second kappa shape index (κ2) is 11.8. The highest BCUT2D eigenvalue weighted by atomic mass is 16.5. The van der Waals surface area contributed by atoms with Crippen LogP contribution < -0.4 is 10.1 Å². The van der Waals surface area contributed by atoms with E-state index < -0.39 is 0 Å². The number of fused-ring (bicyclic) bond motifs is 1. The van der Waals surface area contributed by atoms with E-state index in [0.717, 1.165) is 40.8 Å². The van der Waals surface area contributed by atoms with Gasteiger partial charge in [0.25, 0.3) is 0 Å². The number of ether oxygens (including phenoxy) is 1. The number of aryl methyl sites for hydroxylation is 1. The molecule has 0 aliphatic carbocycles. The first-order chi connectivity index (χ1) is 18.7. The van der Waals surface area contributed by atoms with E-state index in [1.807, 2.05) is 48.5 Å². The number of rotatable bonds is 10. The normalized spacial score (nSPS) is 12.7. The van der Waals surface area contributed by atoms with Gasteiger partial charge in [-0.2, -0.15) is 0 Å². The van der Waals surface area contributed by atoms with Crippen molar-refractivity contribution in [1.82, 2.24) is 10.3 Å². The van der Waals surface area contributed by atoms with E-state index in [9.17, 15) is 4.79 Å². The Bertz CT molecular complexity index is 1470. The Kier molecular flexibility index (Phi) is 7.89. The van der Waals surface area contributed by atoms with E-state index in [-0.39, 0.29) is 17.9 Å². The summed E-state index contributed by atoms with van der Waals surface area (Å²) in [5, 5.41) is 4.53. The lowest BCUT2D eigenvalue weighted by molar-refractivity contribution is -0.122. The second-order valence-electron chi connectivity index (χ2n) is 9.69. The summed E-state index contributed by atoms with van der Waals surface area (Å²) < 4.78 is 5.39. The van der Waals surface area contributed by atoms with Crippen molar-refractivity contribution in [2.45, 2.75) is 38.1 Å². The molecule has 0 saturated carbocycles. The van der Waals surface area contributed by atoms with Crippen molar-refractivity contribution in [3.8, 4) is 5.75 Å². The zero-order valence-corrected chi connectivity index (χ0v) is 22.0. The second-order valence-corrected chi connectivity index (χ2v) is 9.69. The molecular weight excluding hydrogens is 468 g/mol. The minimum Gasteiger partial charge on any atom is -0.497 e. The van der Waals surface area contributed by atoms with Gasteiger partial charge >= 0.3 is 0 Å². The number of carbonyl (C=O) groups excluding carboxylic acids is 1. The first-order valence-electron chi connectivity index (χ1n) is 13.3. The Hall–Kier alpha value is -4.31. The molecule has 192 valence electrons. The molecule has 0 aliphatic heterocycles. The van der Waals surface area contributed by atoms with Gasteiger partial charge in [-0.3, -0.25) is 4.79 Å². The van der Waals surface area contributed by atoms with Crippen molar-refractivity contribution in [3.05, 3.63) is 137 Å². The highest BCUT2D eigenvalue weighted by Crippen LogP contribution is 2.35. The molecule has 2 atom stereocenters. The quantitative estimate of drug-likeness (QED) is 0.210. The monoisotopic (exact) mass is 502 g/mol. The topological polar surface area (TPSA) is 54.1 Å². The van der Waals surface area contributed by atoms with Crippen LogP contribution in [0.3, 0.4) is 0 Å². The van der Waals surface area contributed by atoms with Crippen LogP contribution in [0.1, 0.15) is 53.1 Å². The Morgan fingerprint density at radius 3 is 2.24 bits per heavy atom. The van der Waals surface area contributed by atoms with Crippen LogP contribution in [0.25, 0.3) is 10.9 Å². The largest absolute Gasteiger partial charge is 0.497 e. The smallest absolute Gasteiger partial charge is 0.221 e. The Balaban J connectivity index is 1.47. The number of hydrogen-bond donors (Lipinski definition) is 2. The van der Waals surface area contributed by atoms with Gasteiger partial charge in [0, 0.05) is 29.4 Å². The van der Waals surface area contributed by atoms with Crippen molar-refractivity contribution in [2.24, 2.45) is 0 Å². The average Bonchev–Trinajstić information content (AvgIpc) is 3.41. The molecule has 0 spiro atoms. The number of benzene rings is 4. The first-order valence-corrected chi connectivity index (χ1v) is 13.3. The van der Waals surface area contributed by atoms with Gasteiger partial charge in [0.15, 0.2) is 0 Å². The van der Waals surface area contributed by atoms with Crippen molar-refractivity contribution in [2.75, 3.05) is 7.11 Å². The number of amides is 1. The molecule has 1 aromatic heterocycles. The maximum absolute atomic E-state index is 13.7. The SMILES string of the molecule is CCc1cccc2c(C(CC(=O)NC(Cc3ccccc3)c3ccccc3)c3ccc(OC)cc3)c[nH]c12. The van der Waals surface area contributed by atoms with Crippen LogP contribution in [-0.2, 0) is 17.6 Å². The van der Waals surface area contributed by atoms with Crippen LogP contribution in [0.15, 0.2) is 109 Å². The highest BCUT2D eigenvalue weighted by molar-refractivity contribution is 5.88. The molecule has 1 heterocycles. The van der Waals surface area contributed by atoms with E-state index in [4.69, 9.17) is 4.74 Å². The van der Waals surface area contributed by atoms with Gasteiger partial charge in [-0.1, -0.05) is 97.9 Å². The molecule has 1 amide bonds. The van der Waals surface area contributed by atoms with E-state index >= 15 is 0 Å². The Morgan fingerprint density at radius 2 is 1.55 bits per heavy atom. The molecule has 2 unspecified atom stereocenters. The molecule has 2 N–H and O–H groups in total. The standard InChI is InChI=1S/C34H34N2O2/c1-3-25-15-10-16-29-31(23-35-34(25)29)30(26-17-19-28(38-2)20-18-26)22-33(37)36-32(27-13-8-5-9-14-27)21-24-11-6-4-7-12-24/h4-20,23,30,32,35H,3,21-22H2,1-2H3,(H,36,37). The fraction of sp³-hybridized carbons (Fsp3) is 0.206. The van der Waals surface area contributed by atoms with Gasteiger partial charge in [0.2, 0.25) is 5.91 Å². The molecule has 38 heavy (non-hydrogen) atoms. The van der Waals surface area contributed by atoms with Crippen LogP contribution in [0.4, 0.5) is 0 Å². The minimum atomic E-state index is -0.114. The summed E-state index contributed by atoms with van der Waals surface area (Å²) in [4.78, 5) is 17.2. The molecule has 0 saturated heterocycles. The Morgan fingerprint density at radius 1 is 0.842 bits per heavy atom. The lowest BCUT2D eigenvalue weighted by Gasteiger charge is -2.22. The molecule has 4 nitrogen and oxygen atoms in total. The molecule has 0 bridgehead atoms. The summed E-state index contributed by atoms with van der Waals surface area (Å²) in [6.45, 7) is 2.17. The maximum Gasteiger partial charge on any atom is 0.221 e. The fourth-order valence-corrected chi connectivity index (χ4v) is 5.29. The number of aromatic amines is 1. The predicted molar refractivity (Wildman–Crippen MR) is 155 cm³/mol. The third-order valence-electron chi connectivity index (χ3n) is 7.32. The van der Waals surface area contributed by atoms with Crippen molar-refractivity contribution in [1.29, 1.82) is 0 Å². The van der Waals surface area contributed by atoms with E-state index in [0.29, 0.717) is 6.42 Å². The zero-order valence-electron chi connectivity index (χ0n) is 22.0. The zero-order chi connectivity index (χ0) is 26.3. The molecule has 5 aromatic rings. The molecule has 4 aromatic carbocycles. The third-order valence-corrected chi connectivity index (χ3v) is 7.32. The lowest BCUT2D eigenvalue weighted by atomic mass is 9.87. The molecule has 0 aliphatic rings. The van der Waals surface area contributed by atoms with E-state index in [1.165, 1.54) is 16.5 Å². The van der Waals surface area contributed by atoms with Crippen LogP contribution in [0.5, 0.6) is 5.75 Å². The summed E-state index contributed by atoms with van der Waals surface area (Å²) in [7, 11) is 1.67. The summed E-state index contributed by atoms with van der Waals surface area (Å²) in [6.07, 6.45) is 4.10. The number of carbonyl (C=O) groups is 1. The maximum atomic E-state index is 13.7. The molecule has 0 fully saturated rings. The fourth-order valence-electron chi connectivity index (χ4n) is 5.29. The number of H-pyrrole nitrogens is 1. The van der Waals surface area contributed by atoms with Crippen molar-refractivity contribution >= 4 is 16.8 Å². The highest BCUT2D eigenvalue weighted by Gasteiger charge is 2.24. The third kappa shape index (κ3) is 5.65. The van der Waals surface area contributed by atoms with Crippen LogP contribution in [0, 0.1) is 0 Å². The molecule has 5 rings (SSSR count). The van der Waals surface area contributed by atoms with Gasteiger partial charge in [0.1, 0.15) is 5.75 Å². The number of aromatic nitrogens is 1. The van der Waals surface area contributed by atoms with E-state index in [1.54, 1.807) is 7.11 Å². The van der Waals surface area contributed by atoms with Gasteiger partial charge in [-0.05, 0) is 52.8 Å². The van der Waals surface area contributed by atoms with Gasteiger partial charge in [-0.15, -0.1) is 0 Å². The molecule has 4 heteroatoms. The van der Waals surface area contributed by atoms with Crippen LogP contribution >= 0.6 is 0 Å². The van der Waals surface area contributed by atoms with Crippen LogP contribution in [-0.4, -0.2) is 18.0 Å². The number of methoxy groups -OCH3 is 1. The summed E-state index contributed by atoms with van der Waals surface area (Å²) in [5.41, 5.74) is 6.94. The average molecular weight is 503 g/mol. The lowest BCUT2D eigenvalue weighted by Crippen LogP contribution is -2.31. The van der Waals surface area contributed by atoms with Crippen molar-refractivity contribution < 1.29 is 9.53 Å². The van der Waals surface area contributed by atoms with Crippen LogP contribution in [0.2, 0.25) is 0 Å². The number of nitrogens with one attached hydrogen (secondary N) is 2. The van der Waals surface area contributed by atoms with E-state index in [2.05, 4.69) is 78.0 Å². The number of hydrogen-bond acceptors (Lipinski definition) is 2. The number of para-hydroxylation sites is 1. The molecule has 0 radical (unpaired) electrons.